The Bertz CT molecular complexity index is 877. The molecule has 3 rings (SSSR count). The summed E-state index contributed by atoms with van der Waals surface area (Å²) in [5.41, 5.74) is 0.853. The Morgan fingerprint density at radius 3 is 2.22 bits per heavy atom. The second kappa shape index (κ2) is 8.19. The summed E-state index contributed by atoms with van der Waals surface area (Å²) < 4.78 is 39.8. The van der Waals surface area contributed by atoms with Gasteiger partial charge in [-0.15, -0.1) is 0 Å². The fourth-order valence-electron chi connectivity index (χ4n) is 3.39. The highest BCUT2D eigenvalue weighted by Gasteiger charge is 2.33. The number of sulfonamides is 1. The van der Waals surface area contributed by atoms with Gasteiger partial charge >= 0.3 is 0 Å². The number of hydrogen-bond acceptors (Lipinski definition) is 3. The van der Waals surface area contributed by atoms with E-state index in [1.807, 2.05) is 37.3 Å². The minimum atomic E-state index is -3.66. The van der Waals surface area contributed by atoms with Crippen molar-refractivity contribution < 1.29 is 17.6 Å². The van der Waals surface area contributed by atoms with Crippen LogP contribution in [0.3, 0.4) is 0 Å². The summed E-state index contributed by atoms with van der Waals surface area (Å²) in [6.07, 6.45) is 0.950. The average Bonchev–Trinajstić information content (AvgIpc) is 2.70. The first-order chi connectivity index (χ1) is 12.9. The molecule has 1 heterocycles. The van der Waals surface area contributed by atoms with Gasteiger partial charge in [-0.3, -0.25) is 4.79 Å². The molecule has 0 aromatic heterocycles. The SMILES string of the molecule is CCN(C(=O)C1CCN(S(=O)(=O)c2ccc(F)cc2)CC1)c1ccccc1. The predicted molar refractivity (Wildman–Crippen MR) is 102 cm³/mol. The minimum Gasteiger partial charge on any atom is -0.312 e. The van der Waals surface area contributed by atoms with Gasteiger partial charge in [0.05, 0.1) is 4.90 Å². The summed E-state index contributed by atoms with van der Waals surface area (Å²) in [6, 6.07) is 14.3. The normalized spacial score (nSPS) is 16.2. The summed E-state index contributed by atoms with van der Waals surface area (Å²) in [5.74, 6) is -0.647. The maximum absolute atomic E-state index is 13.1. The highest BCUT2D eigenvalue weighted by Crippen LogP contribution is 2.27. The van der Waals surface area contributed by atoms with E-state index in [4.69, 9.17) is 0 Å². The van der Waals surface area contributed by atoms with Crippen LogP contribution in [-0.4, -0.2) is 38.3 Å². The van der Waals surface area contributed by atoms with Gasteiger partial charge in [-0.05, 0) is 56.2 Å². The molecule has 5 nitrogen and oxygen atoms in total. The molecular formula is C20H23FN2O3S. The second-order valence-corrected chi connectivity index (χ2v) is 8.49. The highest BCUT2D eigenvalue weighted by atomic mass is 32.2. The van der Waals surface area contributed by atoms with Crippen LogP contribution in [0.15, 0.2) is 59.5 Å². The minimum absolute atomic E-state index is 0.0301. The standard InChI is InChI=1S/C20H23FN2O3S/c1-2-23(18-6-4-3-5-7-18)20(24)16-12-14-22(15-13-16)27(25,26)19-10-8-17(21)9-11-19/h3-11,16H,2,12-15H2,1H3. The lowest BCUT2D eigenvalue weighted by atomic mass is 9.96. The van der Waals surface area contributed by atoms with Crippen LogP contribution in [0.2, 0.25) is 0 Å². The molecule has 0 atom stereocenters. The van der Waals surface area contributed by atoms with Crippen molar-refractivity contribution >= 4 is 21.6 Å². The number of halogens is 1. The van der Waals surface area contributed by atoms with E-state index in [-0.39, 0.29) is 29.8 Å². The van der Waals surface area contributed by atoms with Gasteiger partial charge in [-0.2, -0.15) is 4.31 Å². The largest absolute Gasteiger partial charge is 0.312 e. The van der Waals surface area contributed by atoms with E-state index < -0.39 is 15.8 Å². The Morgan fingerprint density at radius 2 is 1.67 bits per heavy atom. The Morgan fingerprint density at radius 1 is 1.07 bits per heavy atom. The summed E-state index contributed by atoms with van der Waals surface area (Å²) in [4.78, 5) is 14.7. The molecule has 0 aliphatic carbocycles. The Kier molecular flexibility index (Phi) is 5.92. The van der Waals surface area contributed by atoms with Crippen LogP contribution in [0.25, 0.3) is 0 Å². The Hall–Kier alpha value is -2.25. The van der Waals surface area contributed by atoms with E-state index in [0.29, 0.717) is 19.4 Å². The summed E-state index contributed by atoms with van der Waals surface area (Å²) in [7, 11) is -3.66. The van der Waals surface area contributed by atoms with E-state index in [0.717, 1.165) is 17.8 Å². The van der Waals surface area contributed by atoms with E-state index in [1.165, 1.54) is 16.4 Å². The Balaban J connectivity index is 1.67. The zero-order chi connectivity index (χ0) is 19.4. The molecule has 1 saturated heterocycles. The van der Waals surface area contributed by atoms with Gasteiger partial charge in [0.2, 0.25) is 15.9 Å². The molecule has 2 aromatic rings. The fraction of sp³-hybridized carbons (Fsp3) is 0.350. The number of nitrogens with zero attached hydrogens (tertiary/aromatic N) is 2. The number of amides is 1. The molecule has 1 aliphatic heterocycles. The van der Waals surface area contributed by atoms with Crippen molar-refractivity contribution in [1.29, 1.82) is 0 Å². The van der Waals surface area contributed by atoms with Crippen molar-refractivity contribution in [2.75, 3.05) is 24.5 Å². The van der Waals surface area contributed by atoms with Crippen LogP contribution in [0, 0.1) is 11.7 Å². The van der Waals surface area contributed by atoms with Crippen LogP contribution in [0.5, 0.6) is 0 Å². The molecule has 0 bridgehead atoms. The van der Waals surface area contributed by atoms with Crippen molar-refractivity contribution in [3.63, 3.8) is 0 Å². The van der Waals surface area contributed by atoms with Crippen LogP contribution >= 0.6 is 0 Å². The van der Waals surface area contributed by atoms with Crippen molar-refractivity contribution in [2.24, 2.45) is 5.92 Å². The molecule has 0 unspecified atom stereocenters. The molecule has 0 spiro atoms. The number of rotatable bonds is 5. The first-order valence-electron chi connectivity index (χ1n) is 9.05. The van der Waals surface area contributed by atoms with Gasteiger partial charge in [0.25, 0.3) is 0 Å². The van der Waals surface area contributed by atoms with Crippen LogP contribution < -0.4 is 4.90 Å². The maximum atomic E-state index is 13.1. The number of benzene rings is 2. The maximum Gasteiger partial charge on any atom is 0.243 e. The summed E-state index contributed by atoms with van der Waals surface area (Å²) in [5, 5.41) is 0. The van der Waals surface area contributed by atoms with E-state index in [2.05, 4.69) is 0 Å². The zero-order valence-electron chi connectivity index (χ0n) is 15.2. The summed E-state index contributed by atoms with van der Waals surface area (Å²) >= 11 is 0. The molecule has 7 heteroatoms. The van der Waals surface area contributed by atoms with Gasteiger partial charge < -0.3 is 4.90 Å². The van der Waals surface area contributed by atoms with Crippen molar-refractivity contribution in [3.8, 4) is 0 Å². The van der Waals surface area contributed by atoms with Gasteiger partial charge in [-0.25, -0.2) is 12.8 Å². The van der Waals surface area contributed by atoms with Gasteiger partial charge in [0.1, 0.15) is 5.82 Å². The molecule has 0 saturated carbocycles. The molecule has 27 heavy (non-hydrogen) atoms. The number of piperidine rings is 1. The van der Waals surface area contributed by atoms with Crippen molar-refractivity contribution in [3.05, 3.63) is 60.4 Å². The molecular weight excluding hydrogens is 367 g/mol. The van der Waals surface area contributed by atoms with Crippen molar-refractivity contribution in [1.82, 2.24) is 4.31 Å². The lowest BCUT2D eigenvalue weighted by Crippen LogP contribution is -2.44. The topological polar surface area (TPSA) is 57.7 Å². The number of carbonyl (C=O) groups is 1. The summed E-state index contributed by atoms with van der Waals surface area (Å²) in [6.45, 7) is 3.06. The van der Waals surface area contributed by atoms with Gasteiger partial charge in [0, 0.05) is 31.2 Å². The predicted octanol–water partition coefficient (Wildman–Crippen LogP) is 3.28. The van der Waals surface area contributed by atoms with Crippen LogP contribution in [0.1, 0.15) is 19.8 Å². The molecule has 1 aliphatic rings. The number of carbonyl (C=O) groups excluding carboxylic acids is 1. The third-order valence-corrected chi connectivity index (χ3v) is 6.82. The van der Waals surface area contributed by atoms with Gasteiger partial charge in [-0.1, -0.05) is 18.2 Å². The molecule has 144 valence electrons. The van der Waals surface area contributed by atoms with E-state index in [9.17, 15) is 17.6 Å². The first kappa shape index (κ1) is 19.5. The third-order valence-electron chi connectivity index (χ3n) is 4.90. The highest BCUT2D eigenvalue weighted by molar-refractivity contribution is 7.89. The molecule has 1 amide bonds. The molecule has 1 fully saturated rings. The van der Waals surface area contributed by atoms with Crippen LogP contribution in [0.4, 0.5) is 10.1 Å². The third kappa shape index (κ3) is 4.20. The number of anilines is 1. The lowest BCUT2D eigenvalue weighted by Gasteiger charge is -2.33. The molecule has 0 N–H and O–H groups in total. The average molecular weight is 390 g/mol. The second-order valence-electron chi connectivity index (χ2n) is 6.55. The fourth-order valence-corrected chi connectivity index (χ4v) is 4.86. The molecule has 0 radical (unpaired) electrons. The van der Waals surface area contributed by atoms with Crippen molar-refractivity contribution in [2.45, 2.75) is 24.7 Å². The number of hydrogen-bond donors (Lipinski definition) is 0. The smallest absolute Gasteiger partial charge is 0.243 e. The van der Waals surface area contributed by atoms with E-state index in [1.54, 1.807) is 4.90 Å². The quantitative estimate of drug-likeness (QED) is 0.787. The lowest BCUT2D eigenvalue weighted by molar-refractivity contribution is -0.123. The first-order valence-corrected chi connectivity index (χ1v) is 10.5. The molecule has 2 aromatic carbocycles. The monoisotopic (exact) mass is 390 g/mol. The van der Waals surface area contributed by atoms with E-state index >= 15 is 0 Å². The van der Waals surface area contributed by atoms with Gasteiger partial charge in [0.15, 0.2) is 0 Å². The number of para-hydroxylation sites is 1. The Labute approximate surface area is 159 Å². The van der Waals surface area contributed by atoms with Crippen LogP contribution in [-0.2, 0) is 14.8 Å². The zero-order valence-corrected chi connectivity index (χ0v) is 16.0.